The molecule has 11 heteroatoms. The second kappa shape index (κ2) is 12.2. The maximum atomic E-state index is 12.4. The van der Waals surface area contributed by atoms with Gasteiger partial charge in [0.1, 0.15) is 0 Å². The van der Waals surface area contributed by atoms with Gasteiger partial charge >= 0.3 is 5.91 Å². The molecule has 1 aliphatic rings. The number of methoxy groups -OCH3 is 2. The fourth-order valence-electron chi connectivity index (χ4n) is 4.27. The van der Waals surface area contributed by atoms with E-state index in [1.165, 1.54) is 6.42 Å². The van der Waals surface area contributed by atoms with Gasteiger partial charge in [-0.3, -0.25) is 14.3 Å². The number of piperidine rings is 1. The van der Waals surface area contributed by atoms with E-state index in [0.717, 1.165) is 41.5 Å². The van der Waals surface area contributed by atoms with Crippen LogP contribution >= 0.6 is 15.9 Å². The van der Waals surface area contributed by atoms with Crippen molar-refractivity contribution in [1.29, 1.82) is 0 Å². The summed E-state index contributed by atoms with van der Waals surface area (Å²) in [7, 11) is 3.11. The van der Waals surface area contributed by atoms with Crippen LogP contribution in [0, 0.1) is 0 Å². The Kier molecular flexibility index (Phi) is 8.78. The van der Waals surface area contributed by atoms with Crippen LogP contribution in [0.15, 0.2) is 56.3 Å². The van der Waals surface area contributed by atoms with Crippen molar-refractivity contribution in [1.82, 2.24) is 9.47 Å². The highest BCUT2D eigenvalue weighted by Crippen LogP contribution is 2.40. The monoisotopic (exact) mass is 571 g/mol. The summed E-state index contributed by atoms with van der Waals surface area (Å²) in [5.74, 6) is 0.502. The molecular formula is C26H30BrN5O5. The molecule has 1 saturated heterocycles. The van der Waals surface area contributed by atoms with Gasteiger partial charge in [0.25, 0.3) is 0 Å². The number of fused-ring (bicyclic) bond motifs is 1. The number of carbonyl (C=O) groups is 1. The van der Waals surface area contributed by atoms with Crippen molar-refractivity contribution in [3.05, 3.63) is 46.4 Å². The standard InChI is InChI=1S/C26H30BrN5O5/c1-17(18-7-10-22(35-2)23(13-18)36-3)30-37-15-24(33)28-29-25-20-14-19(27)8-9-21(20)32(26(25)34)16-31-11-5-4-6-12-31/h7-10,13-14,34H,4-6,11-12,15-16H2,1-3H3/b29-28?,30-17-. The Morgan fingerprint density at radius 2 is 1.81 bits per heavy atom. The number of hydrogen-bond donors (Lipinski definition) is 1. The minimum Gasteiger partial charge on any atom is -0.493 e. The molecule has 196 valence electrons. The quantitative estimate of drug-likeness (QED) is 0.203. The predicted molar refractivity (Wildman–Crippen MR) is 144 cm³/mol. The van der Waals surface area contributed by atoms with E-state index in [0.29, 0.717) is 29.3 Å². The van der Waals surface area contributed by atoms with E-state index in [-0.39, 0.29) is 11.6 Å². The van der Waals surface area contributed by atoms with Gasteiger partial charge in [0.15, 0.2) is 23.8 Å². The molecule has 0 radical (unpaired) electrons. The number of nitrogens with zero attached hydrogens (tertiary/aromatic N) is 5. The Balaban J connectivity index is 1.46. The van der Waals surface area contributed by atoms with Crippen molar-refractivity contribution in [2.24, 2.45) is 15.4 Å². The first-order valence-electron chi connectivity index (χ1n) is 12.0. The van der Waals surface area contributed by atoms with Crippen LogP contribution in [0.1, 0.15) is 31.7 Å². The Morgan fingerprint density at radius 1 is 1.05 bits per heavy atom. The van der Waals surface area contributed by atoms with Crippen LogP contribution < -0.4 is 9.47 Å². The van der Waals surface area contributed by atoms with E-state index >= 15 is 0 Å². The molecule has 1 aromatic heterocycles. The molecule has 0 saturated carbocycles. The molecule has 0 spiro atoms. The van der Waals surface area contributed by atoms with Gasteiger partial charge in [-0.25, -0.2) is 0 Å². The van der Waals surface area contributed by atoms with Crippen LogP contribution in [0.4, 0.5) is 5.69 Å². The molecule has 1 amide bonds. The lowest BCUT2D eigenvalue weighted by atomic mass is 10.1. The molecule has 4 rings (SSSR count). The SMILES string of the molecule is COc1ccc(/C(C)=N\OCC(=O)N=Nc2c(O)n(CN3CCCCC3)c3ccc(Br)cc23)cc1OC. The van der Waals surface area contributed by atoms with Gasteiger partial charge in [0.05, 0.1) is 32.1 Å². The number of rotatable bonds is 9. The summed E-state index contributed by atoms with van der Waals surface area (Å²) in [5, 5.41) is 23.5. The van der Waals surface area contributed by atoms with E-state index in [9.17, 15) is 9.90 Å². The van der Waals surface area contributed by atoms with Crippen molar-refractivity contribution in [3.8, 4) is 17.4 Å². The van der Waals surface area contributed by atoms with Gasteiger partial charge in [-0.1, -0.05) is 27.5 Å². The summed E-state index contributed by atoms with van der Waals surface area (Å²) in [6.07, 6.45) is 3.50. The Hall–Kier alpha value is -3.44. The largest absolute Gasteiger partial charge is 0.493 e. The Morgan fingerprint density at radius 3 is 2.54 bits per heavy atom. The molecule has 1 N–H and O–H groups in total. The lowest BCUT2D eigenvalue weighted by molar-refractivity contribution is -0.122. The number of azo groups is 1. The van der Waals surface area contributed by atoms with Crippen LogP contribution in [0.25, 0.3) is 10.9 Å². The summed E-state index contributed by atoms with van der Waals surface area (Å²) < 4.78 is 13.2. The average molecular weight is 572 g/mol. The number of hydrogen-bond acceptors (Lipinski definition) is 8. The van der Waals surface area contributed by atoms with Gasteiger partial charge < -0.3 is 19.4 Å². The summed E-state index contributed by atoms with van der Waals surface area (Å²) in [6, 6.07) is 11.0. The maximum absolute atomic E-state index is 12.4. The highest BCUT2D eigenvalue weighted by Gasteiger charge is 2.20. The molecular weight excluding hydrogens is 542 g/mol. The Labute approximate surface area is 223 Å². The number of oxime groups is 1. The van der Waals surface area contributed by atoms with Crippen LogP contribution in [0.5, 0.6) is 17.4 Å². The van der Waals surface area contributed by atoms with Gasteiger partial charge in [-0.15, -0.1) is 10.2 Å². The first kappa shape index (κ1) is 26.6. The zero-order valence-corrected chi connectivity index (χ0v) is 22.7. The number of aromatic nitrogens is 1. The van der Waals surface area contributed by atoms with Crippen molar-refractivity contribution in [2.75, 3.05) is 33.9 Å². The van der Waals surface area contributed by atoms with Crippen molar-refractivity contribution >= 4 is 44.1 Å². The van der Waals surface area contributed by atoms with E-state index in [4.69, 9.17) is 14.3 Å². The van der Waals surface area contributed by atoms with Crippen LogP contribution in [-0.4, -0.2) is 60.1 Å². The molecule has 0 atom stereocenters. The van der Waals surface area contributed by atoms with Crippen molar-refractivity contribution < 1.29 is 24.2 Å². The number of halogens is 1. The third-order valence-corrected chi connectivity index (χ3v) is 6.71. The number of likely N-dealkylation sites (tertiary alicyclic amines) is 1. The minimum absolute atomic E-state index is 0.0292. The topological polar surface area (TPSA) is 110 Å². The van der Waals surface area contributed by atoms with Crippen molar-refractivity contribution in [3.63, 3.8) is 0 Å². The first-order chi connectivity index (χ1) is 17.9. The first-order valence-corrected chi connectivity index (χ1v) is 12.8. The zero-order chi connectivity index (χ0) is 26.4. The number of carbonyl (C=O) groups excluding carboxylic acids is 1. The molecule has 3 aromatic rings. The van der Waals surface area contributed by atoms with Crippen molar-refractivity contribution in [2.45, 2.75) is 32.9 Å². The molecule has 1 fully saturated rings. The second-order valence-corrected chi connectivity index (χ2v) is 9.61. The summed E-state index contributed by atoms with van der Waals surface area (Å²) >= 11 is 3.47. The van der Waals surface area contributed by atoms with Crippen LogP contribution in [0.2, 0.25) is 0 Å². The van der Waals surface area contributed by atoms with E-state index in [1.807, 2.05) is 24.3 Å². The fourth-order valence-corrected chi connectivity index (χ4v) is 4.63. The maximum Gasteiger partial charge on any atom is 0.304 e. The highest BCUT2D eigenvalue weighted by atomic mass is 79.9. The second-order valence-electron chi connectivity index (χ2n) is 8.70. The van der Waals surface area contributed by atoms with Crippen LogP contribution in [-0.2, 0) is 16.3 Å². The van der Waals surface area contributed by atoms with Gasteiger partial charge in [-0.05, 0) is 69.3 Å². The number of benzene rings is 2. The summed E-state index contributed by atoms with van der Waals surface area (Å²) in [6.45, 7) is 3.85. The zero-order valence-electron chi connectivity index (χ0n) is 21.1. The predicted octanol–water partition coefficient (Wildman–Crippen LogP) is 5.62. The average Bonchev–Trinajstić information content (AvgIpc) is 3.16. The molecule has 0 unspecified atom stereocenters. The van der Waals surface area contributed by atoms with Gasteiger partial charge in [0.2, 0.25) is 5.88 Å². The van der Waals surface area contributed by atoms with Gasteiger partial charge in [0, 0.05) is 15.4 Å². The number of amides is 1. The minimum atomic E-state index is -0.629. The molecule has 2 aromatic carbocycles. The molecule has 0 aliphatic carbocycles. The fraction of sp³-hybridized carbons (Fsp3) is 0.385. The number of ether oxygens (including phenoxy) is 2. The Bertz CT molecular complexity index is 1330. The van der Waals surface area contributed by atoms with E-state index in [1.54, 1.807) is 37.8 Å². The molecule has 0 bridgehead atoms. The lowest BCUT2D eigenvalue weighted by Crippen LogP contribution is -2.31. The molecule has 1 aliphatic heterocycles. The van der Waals surface area contributed by atoms with Gasteiger partial charge in [-0.2, -0.15) is 0 Å². The highest BCUT2D eigenvalue weighted by molar-refractivity contribution is 9.10. The van der Waals surface area contributed by atoms with E-state index < -0.39 is 12.5 Å². The normalized spacial score (nSPS) is 14.9. The van der Waals surface area contributed by atoms with Crippen LogP contribution in [0.3, 0.4) is 0 Å². The third kappa shape index (κ3) is 6.28. The number of aromatic hydroxyl groups is 1. The van der Waals surface area contributed by atoms with E-state index in [2.05, 4.69) is 36.2 Å². The molecule has 10 nitrogen and oxygen atoms in total. The summed E-state index contributed by atoms with van der Waals surface area (Å²) in [4.78, 5) is 19.9. The third-order valence-electron chi connectivity index (χ3n) is 6.21. The molecule has 2 heterocycles. The summed E-state index contributed by atoms with van der Waals surface area (Å²) in [5.41, 5.74) is 2.36. The lowest BCUT2D eigenvalue weighted by Gasteiger charge is -2.27. The smallest absolute Gasteiger partial charge is 0.304 e. The molecule has 37 heavy (non-hydrogen) atoms.